The molecule has 0 heterocycles. The number of nitriles is 1. The van der Waals surface area contributed by atoms with Crippen molar-refractivity contribution in [2.75, 3.05) is 10.0 Å². The van der Waals surface area contributed by atoms with E-state index in [4.69, 9.17) is 16.9 Å². The van der Waals surface area contributed by atoms with Gasteiger partial charge in [0.1, 0.15) is 17.7 Å². The van der Waals surface area contributed by atoms with Gasteiger partial charge in [-0.2, -0.15) is 5.26 Å². The minimum Gasteiger partial charge on any atom is -0.324 e. The summed E-state index contributed by atoms with van der Waals surface area (Å²) >= 11 is 5.79. The molecule has 0 bridgehead atoms. The lowest BCUT2D eigenvalue weighted by atomic mass is 10.2. The molecular weight excluding hydrogens is 376 g/mol. The van der Waals surface area contributed by atoms with E-state index >= 15 is 0 Å². The van der Waals surface area contributed by atoms with Gasteiger partial charge in [-0.3, -0.25) is 9.52 Å². The minimum absolute atomic E-state index is 0.0709. The van der Waals surface area contributed by atoms with Crippen LogP contribution in [0.15, 0.2) is 35.2 Å². The number of nitrogens with zero attached hydrogens (tertiary/aromatic N) is 1. The van der Waals surface area contributed by atoms with Gasteiger partial charge >= 0.3 is 0 Å². The molecule has 2 N–H and O–H groups in total. The van der Waals surface area contributed by atoms with Gasteiger partial charge in [0.25, 0.3) is 10.0 Å². The summed E-state index contributed by atoms with van der Waals surface area (Å²) in [5.74, 6) is -2.84. The second-order valence-corrected chi connectivity index (χ2v) is 6.94. The number of sulfonamides is 1. The maximum atomic E-state index is 13.9. The topological polar surface area (TPSA) is 99.1 Å². The predicted octanol–water partition coefficient (Wildman–Crippen LogP) is 3.25. The van der Waals surface area contributed by atoms with Crippen molar-refractivity contribution in [2.45, 2.75) is 11.8 Å². The summed E-state index contributed by atoms with van der Waals surface area (Å²) in [6.07, 6.45) is 0. The Kier molecular flexibility index (Phi) is 5.25. The number of hydrogen-bond donors (Lipinski definition) is 2. The number of halogens is 3. The normalized spacial score (nSPS) is 10.8. The van der Waals surface area contributed by atoms with Gasteiger partial charge < -0.3 is 5.32 Å². The molecule has 10 heteroatoms. The van der Waals surface area contributed by atoms with Crippen molar-refractivity contribution in [3.8, 4) is 6.07 Å². The van der Waals surface area contributed by atoms with Crippen molar-refractivity contribution in [1.82, 2.24) is 0 Å². The van der Waals surface area contributed by atoms with Crippen LogP contribution in [0.2, 0.25) is 5.02 Å². The smallest absolute Gasteiger partial charge is 0.262 e. The highest BCUT2D eigenvalue weighted by molar-refractivity contribution is 7.92. The summed E-state index contributed by atoms with van der Waals surface area (Å²) < 4.78 is 54.1. The number of carbonyl (C=O) groups excluding carboxylic acids is 1. The molecule has 2 rings (SSSR count). The summed E-state index contributed by atoms with van der Waals surface area (Å²) in [7, 11) is -4.26. The van der Waals surface area contributed by atoms with E-state index in [1.807, 2.05) is 4.72 Å². The Hall–Kier alpha value is -2.70. The highest BCUT2D eigenvalue weighted by Gasteiger charge is 2.20. The maximum absolute atomic E-state index is 13.9. The zero-order valence-electron chi connectivity index (χ0n) is 12.6. The standard InChI is InChI=1S/C15H10ClF2N3O3S/c1-8(22)20-14-6-15(13(18)5-12(14)17)21-25(23,24)10-3-2-9(7-19)11(16)4-10/h2-6,21H,1H3,(H,20,22). The first kappa shape index (κ1) is 18.6. The highest BCUT2D eigenvalue weighted by Crippen LogP contribution is 2.27. The second kappa shape index (κ2) is 7.04. The first-order chi connectivity index (χ1) is 11.6. The average molecular weight is 386 g/mol. The second-order valence-electron chi connectivity index (χ2n) is 4.85. The van der Waals surface area contributed by atoms with Crippen LogP contribution in [0, 0.1) is 23.0 Å². The number of anilines is 2. The van der Waals surface area contributed by atoms with Crippen LogP contribution >= 0.6 is 11.6 Å². The molecule has 0 aliphatic heterocycles. The third-order valence-electron chi connectivity index (χ3n) is 2.98. The summed E-state index contributed by atoms with van der Waals surface area (Å²) in [6, 6.07) is 6.36. The first-order valence-electron chi connectivity index (χ1n) is 6.63. The van der Waals surface area contributed by atoms with E-state index in [2.05, 4.69) is 5.32 Å². The number of amides is 1. The van der Waals surface area contributed by atoms with Crippen LogP contribution in [0.3, 0.4) is 0 Å². The van der Waals surface area contributed by atoms with E-state index in [0.717, 1.165) is 25.1 Å². The fourth-order valence-electron chi connectivity index (χ4n) is 1.87. The number of nitrogens with one attached hydrogen (secondary N) is 2. The van der Waals surface area contributed by atoms with Gasteiger partial charge in [0.15, 0.2) is 0 Å². The van der Waals surface area contributed by atoms with Crippen LogP contribution < -0.4 is 10.0 Å². The lowest BCUT2D eigenvalue weighted by Gasteiger charge is -2.12. The van der Waals surface area contributed by atoms with Crippen molar-refractivity contribution in [1.29, 1.82) is 5.26 Å². The molecule has 2 aromatic rings. The fourth-order valence-corrected chi connectivity index (χ4v) is 3.24. The molecule has 25 heavy (non-hydrogen) atoms. The Balaban J connectivity index is 2.42. The molecule has 0 spiro atoms. The van der Waals surface area contributed by atoms with Crippen LogP contribution in [0.1, 0.15) is 12.5 Å². The van der Waals surface area contributed by atoms with Gasteiger partial charge in [0, 0.05) is 13.0 Å². The van der Waals surface area contributed by atoms with Gasteiger partial charge in [-0.1, -0.05) is 11.6 Å². The van der Waals surface area contributed by atoms with E-state index in [1.165, 1.54) is 6.07 Å². The van der Waals surface area contributed by atoms with Crippen LogP contribution in [0.4, 0.5) is 20.2 Å². The molecular formula is C15H10ClF2N3O3S. The van der Waals surface area contributed by atoms with Crippen molar-refractivity contribution in [3.05, 3.63) is 52.6 Å². The van der Waals surface area contributed by atoms with Crippen molar-refractivity contribution in [3.63, 3.8) is 0 Å². The molecule has 0 saturated carbocycles. The summed E-state index contributed by atoms with van der Waals surface area (Å²) in [4.78, 5) is 10.7. The Morgan fingerprint density at radius 3 is 2.36 bits per heavy atom. The fraction of sp³-hybridized carbons (Fsp3) is 0.0667. The van der Waals surface area contributed by atoms with Crippen LogP contribution in [0.25, 0.3) is 0 Å². The van der Waals surface area contributed by atoms with E-state index in [-0.39, 0.29) is 21.2 Å². The molecule has 1 amide bonds. The minimum atomic E-state index is -4.26. The number of carbonyl (C=O) groups is 1. The predicted molar refractivity (Wildman–Crippen MR) is 87.6 cm³/mol. The van der Waals surface area contributed by atoms with Crippen LogP contribution in [0.5, 0.6) is 0 Å². The Morgan fingerprint density at radius 2 is 1.80 bits per heavy atom. The van der Waals surface area contributed by atoms with Crippen molar-refractivity contribution >= 4 is 38.9 Å². The van der Waals surface area contributed by atoms with E-state index in [1.54, 1.807) is 6.07 Å². The number of hydrogen-bond acceptors (Lipinski definition) is 4. The van der Waals surface area contributed by atoms with E-state index in [0.29, 0.717) is 6.07 Å². The van der Waals surface area contributed by atoms with E-state index in [9.17, 15) is 22.0 Å². The highest BCUT2D eigenvalue weighted by atomic mass is 35.5. The third-order valence-corrected chi connectivity index (χ3v) is 4.66. The third kappa shape index (κ3) is 4.23. The maximum Gasteiger partial charge on any atom is 0.262 e. The van der Waals surface area contributed by atoms with Gasteiger partial charge in [-0.25, -0.2) is 17.2 Å². The van der Waals surface area contributed by atoms with Gasteiger partial charge in [-0.05, 0) is 24.3 Å². The summed E-state index contributed by atoms with van der Waals surface area (Å²) in [5, 5.41) is 10.8. The zero-order valence-corrected chi connectivity index (χ0v) is 14.2. The molecule has 0 radical (unpaired) electrons. The molecule has 0 aliphatic rings. The van der Waals surface area contributed by atoms with Gasteiger partial charge in [-0.15, -0.1) is 0 Å². The molecule has 0 atom stereocenters. The first-order valence-corrected chi connectivity index (χ1v) is 8.49. The van der Waals surface area contributed by atoms with Crippen LogP contribution in [-0.2, 0) is 14.8 Å². The number of rotatable bonds is 4. The summed E-state index contributed by atoms with van der Waals surface area (Å²) in [6.45, 7) is 1.12. The Morgan fingerprint density at radius 1 is 1.16 bits per heavy atom. The molecule has 0 aromatic heterocycles. The Labute approximate surface area is 147 Å². The van der Waals surface area contributed by atoms with Crippen molar-refractivity contribution in [2.24, 2.45) is 0 Å². The molecule has 6 nitrogen and oxygen atoms in total. The SMILES string of the molecule is CC(=O)Nc1cc(NS(=O)(=O)c2ccc(C#N)c(Cl)c2)c(F)cc1F. The lowest BCUT2D eigenvalue weighted by molar-refractivity contribution is -0.114. The van der Waals surface area contributed by atoms with Gasteiger partial charge in [0.2, 0.25) is 5.91 Å². The lowest BCUT2D eigenvalue weighted by Crippen LogP contribution is -2.15. The monoisotopic (exact) mass is 385 g/mol. The van der Waals surface area contributed by atoms with E-state index < -0.39 is 33.3 Å². The quantitative estimate of drug-likeness (QED) is 0.843. The van der Waals surface area contributed by atoms with Crippen LogP contribution in [-0.4, -0.2) is 14.3 Å². The van der Waals surface area contributed by atoms with Gasteiger partial charge in [0.05, 0.1) is 26.9 Å². The molecule has 0 aliphatic carbocycles. The molecule has 0 unspecified atom stereocenters. The molecule has 2 aromatic carbocycles. The molecule has 0 fully saturated rings. The Bertz CT molecular complexity index is 1000. The summed E-state index contributed by atoms with van der Waals surface area (Å²) in [5.41, 5.74) is -0.878. The van der Waals surface area contributed by atoms with Crippen molar-refractivity contribution < 1.29 is 22.0 Å². The number of benzene rings is 2. The largest absolute Gasteiger partial charge is 0.324 e. The zero-order chi connectivity index (χ0) is 18.8. The average Bonchev–Trinajstić information content (AvgIpc) is 2.51. The molecule has 0 saturated heterocycles. The molecule has 130 valence electrons.